The molecule has 166 valence electrons. The zero-order valence-electron chi connectivity index (χ0n) is 19.6. The molecule has 0 saturated heterocycles. The van der Waals surface area contributed by atoms with Crippen molar-refractivity contribution < 1.29 is 9.53 Å². The highest BCUT2D eigenvalue weighted by atomic mass is 16.5. The molecule has 6 heteroatoms. The standard InChI is InChI=1S/C25H34N4O2/c1-7-31-25-21(12-13-22(30)26-15-14-16(2)3)18(5)23-19(6)28-29(24(23)27-25)20-10-8-17(4)9-11-20/h8-11,16H,7,12-15H2,1-6H3,(H,26,30). The summed E-state index contributed by atoms with van der Waals surface area (Å²) >= 11 is 0. The number of aromatic nitrogens is 3. The SMILES string of the molecule is CCOc1nc2c(c(C)nn2-c2ccc(C)cc2)c(C)c1CCC(=O)NCCC(C)C. The average molecular weight is 423 g/mol. The predicted molar refractivity (Wildman–Crippen MR) is 125 cm³/mol. The van der Waals surface area contributed by atoms with E-state index in [4.69, 9.17) is 14.8 Å². The molecule has 6 nitrogen and oxygen atoms in total. The number of aryl methyl sites for hydroxylation is 3. The predicted octanol–water partition coefficient (Wildman–Crippen LogP) is 4.84. The minimum absolute atomic E-state index is 0.0645. The molecule has 1 N–H and O–H groups in total. The van der Waals surface area contributed by atoms with Gasteiger partial charge in [-0.15, -0.1) is 0 Å². The maximum Gasteiger partial charge on any atom is 0.220 e. The van der Waals surface area contributed by atoms with Crippen molar-refractivity contribution in [3.05, 3.63) is 46.6 Å². The smallest absolute Gasteiger partial charge is 0.220 e. The first-order valence-corrected chi connectivity index (χ1v) is 11.2. The van der Waals surface area contributed by atoms with Crippen molar-refractivity contribution in [2.75, 3.05) is 13.2 Å². The summed E-state index contributed by atoms with van der Waals surface area (Å²) in [5, 5.41) is 8.81. The lowest BCUT2D eigenvalue weighted by atomic mass is 10.0. The van der Waals surface area contributed by atoms with Crippen molar-refractivity contribution >= 4 is 16.9 Å². The van der Waals surface area contributed by atoms with E-state index in [-0.39, 0.29) is 5.91 Å². The molecule has 0 saturated carbocycles. The number of hydrogen-bond acceptors (Lipinski definition) is 4. The lowest BCUT2D eigenvalue weighted by Gasteiger charge is -2.14. The quantitative estimate of drug-likeness (QED) is 0.536. The van der Waals surface area contributed by atoms with Crippen LogP contribution in [0.15, 0.2) is 24.3 Å². The van der Waals surface area contributed by atoms with E-state index in [1.165, 1.54) is 5.56 Å². The van der Waals surface area contributed by atoms with Gasteiger partial charge < -0.3 is 10.1 Å². The van der Waals surface area contributed by atoms with Crippen LogP contribution in [0.5, 0.6) is 5.88 Å². The maximum atomic E-state index is 12.3. The lowest BCUT2D eigenvalue weighted by molar-refractivity contribution is -0.121. The van der Waals surface area contributed by atoms with Crippen LogP contribution in [0.1, 0.15) is 56.0 Å². The largest absolute Gasteiger partial charge is 0.478 e. The fourth-order valence-electron chi connectivity index (χ4n) is 3.78. The number of carbonyl (C=O) groups is 1. The van der Waals surface area contributed by atoms with Gasteiger partial charge in [0.05, 0.1) is 18.0 Å². The summed E-state index contributed by atoms with van der Waals surface area (Å²) in [5.41, 5.74) is 5.94. The van der Waals surface area contributed by atoms with Gasteiger partial charge in [0, 0.05) is 23.9 Å². The summed E-state index contributed by atoms with van der Waals surface area (Å²) in [6.07, 6.45) is 1.99. The van der Waals surface area contributed by atoms with Crippen LogP contribution in [0.3, 0.4) is 0 Å². The number of pyridine rings is 1. The highest BCUT2D eigenvalue weighted by molar-refractivity contribution is 5.86. The van der Waals surface area contributed by atoms with Gasteiger partial charge in [-0.1, -0.05) is 31.5 Å². The first kappa shape index (κ1) is 22.8. The Hall–Kier alpha value is -2.89. The number of carbonyl (C=O) groups excluding carboxylic acids is 1. The van der Waals surface area contributed by atoms with E-state index in [1.807, 2.05) is 30.7 Å². The van der Waals surface area contributed by atoms with Crippen molar-refractivity contribution in [1.82, 2.24) is 20.1 Å². The molecule has 3 rings (SSSR count). The minimum Gasteiger partial charge on any atom is -0.478 e. The van der Waals surface area contributed by atoms with E-state index in [9.17, 15) is 4.79 Å². The average Bonchev–Trinajstić information content (AvgIpc) is 3.04. The number of fused-ring (bicyclic) bond motifs is 1. The summed E-state index contributed by atoms with van der Waals surface area (Å²) in [5.74, 6) is 1.23. The van der Waals surface area contributed by atoms with Crippen LogP contribution < -0.4 is 10.1 Å². The summed E-state index contributed by atoms with van der Waals surface area (Å²) in [4.78, 5) is 17.2. The van der Waals surface area contributed by atoms with Crippen LogP contribution in [-0.4, -0.2) is 33.8 Å². The van der Waals surface area contributed by atoms with Crippen LogP contribution in [0, 0.1) is 26.7 Å². The zero-order valence-corrected chi connectivity index (χ0v) is 19.6. The Bertz CT molecular complexity index is 1050. The highest BCUT2D eigenvalue weighted by Crippen LogP contribution is 2.32. The van der Waals surface area contributed by atoms with Crippen molar-refractivity contribution in [2.24, 2.45) is 5.92 Å². The topological polar surface area (TPSA) is 69.0 Å². The number of nitrogens with one attached hydrogen (secondary N) is 1. The number of rotatable bonds is 9. The molecule has 0 radical (unpaired) electrons. The van der Waals surface area contributed by atoms with Crippen molar-refractivity contribution in [3.8, 4) is 11.6 Å². The van der Waals surface area contributed by atoms with Gasteiger partial charge in [0.25, 0.3) is 0 Å². The number of hydrogen-bond donors (Lipinski definition) is 1. The molecule has 0 aliphatic carbocycles. The van der Waals surface area contributed by atoms with E-state index in [0.717, 1.165) is 40.0 Å². The number of ether oxygens (including phenoxy) is 1. The van der Waals surface area contributed by atoms with Crippen LogP contribution in [-0.2, 0) is 11.2 Å². The molecule has 0 fully saturated rings. The van der Waals surface area contributed by atoms with Gasteiger partial charge in [0.15, 0.2) is 5.65 Å². The Morgan fingerprint density at radius 2 is 1.87 bits per heavy atom. The zero-order chi connectivity index (χ0) is 22.5. The Balaban J connectivity index is 1.94. The molecule has 0 atom stereocenters. The molecular formula is C25H34N4O2. The van der Waals surface area contributed by atoms with E-state index in [2.05, 4.69) is 45.1 Å². The lowest BCUT2D eigenvalue weighted by Crippen LogP contribution is -2.25. The third kappa shape index (κ3) is 5.24. The maximum absolute atomic E-state index is 12.3. The summed E-state index contributed by atoms with van der Waals surface area (Å²) in [6.45, 7) is 13.6. The molecule has 0 aliphatic heterocycles. The number of nitrogens with zero attached hydrogens (tertiary/aromatic N) is 3. The molecule has 0 spiro atoms. The highest BCUT2D eigenvalue weighted by Gasteiger charge is 2.20. The Kier molecular flexibility index (Phi) is 7.31. The second-order valence-electron chi connectivity index (χ2n) is 8.52. The van der Waals surface area contributed by atoms with E-state index in [0.29, 0.717) is 37.8 Å². The summed E-state index contributed by atoms with van der Waals surface area (Å²) < 4.78 is 7.78. The number of benzene rings is 1. The first-order valence-electron chi connectivity index (χ1n) is 11.2. The van der Waals surface area contributed by atoms with Crippen molar-refractivity contribution in [2.45, 2.75) is 60.8 Å². The van der Waals surface area contributed by atoms with Gasteiger partial charge >= 0.3 is 0 Å². The van der Waals surface area contributed by atoms with Gasteiger partial charge in [-0.2, -0.15) is 10.1 Å². The molecule has 0 unspecified atom stereocenters. The fourth-order valence-corrected chi connectivity index (χ4v) is 3.78. The first-order chi connectivity index (χ1) is 14.8. The van der Waals surface area contributed by atoms with Gasteiger partial charge in [0.1, 0.15) is 0 Å². The molecular weight excluding hydrogens is 388 g/mol. The monoisotopic (exact) mass is 422 g/mol. The van der Waals surface area contributed by atoms with Crippen molar-refractivity contribution in [3.63, 3.8) is 0 Å². The molecule has 1 aromatic carbocycles. The van der Waals surface area contributed by atoms with E-state index in [1.54, 1.807) is 0 Å². The third-order valence-electron chi connectivity index (χ3n) is 5.53. The van der Waals surface area contributed by atoms with Gasteiger partial charge in [-0.25, -0.2) is 4.68 Å². The van der Waals surface area contributed by atoms with E-state index < -0.39 is 0 Å². The summed E-state index contributed by atoms with van der Waals surface area (Å²) in [7, 11) is 0. The van der Waals surface area contributed by atoms with Crippen LogP contribution in [0.25, 0.3) is 16.7 Å². The Morgan fingerprint density at radius 1 is 1.16 bits per heavy atom. The van der Waals surface area contributed by atoms with Gasteiger partial charge in [0.2, 0.25) is 11.8 Å². The second kappa shape index (κ2) is 9.94. The van der Waals surface area contributed by atoms with Crippen LogP contribution in [0.4, 0.5) is 0 Å². The molecule has 2 aromatic heterocycles. The van der Waals surface area contributed by atoms with Crippen LogP contribution in [0.2, 0.25) is 0 Å². The Morgan fingerprint density at radius 3 is 2.52 bits per heavy atom. The van der Waals surface area contributed by atoms with Crippen LogP contribution >= 0.6 is 0 Å². The van der Waals surface area contributed by atoms with Crippen molar-refractivity contribution in [1.29, 1.82) is 0 Å². The molecule has 0 bridgehead atoms. The van der Waals surface area contributed by atoms with Gasteiger partial charge in [-0.05, 0) is 64.2 Å². The third-order valence-corrected chi connectivity index (χ3v) is 5.53. The Labute approximate surface area is 185 Å². The molecule has 0 aliphatic rings. The molecule has 1 amide bonds. The molecule has 3 aromatic rings. The normalized spacial score (nSPS) is 11.3. The summed E-state index contributed by atoms with van der Waals surface area (Å²) in [6, 6.07) is 8.24. The molecule has 2 heterocycles. The van der Waals surface area contributed by atoms with Gasteiger partial charge in [-0.3, -0.25) is 4.79 Å². The van der Waals surface area contributed by atoms with E-state index >= 15 is 0 Å². The second-order valence-corrected chi connectivity index (χ2v) is 8.52. The minimum atomic E-state index is 0.0645. The number of amides is 1. The fraction of sp³-hybridized carbons (Fsp3) is 0.480. The molecule has 31 heavy (non-hydrogen) atoms.